The van der Waals surface area contributed by atoms with Crippen LogP contribution in [0.15, 0.2) is 12.7 Å². The fraction of sp³-hybridized carbons (Fsp3) is 0.733. The van der Waals surface area contributed by atoms with Gasteiger partial charge in [0.1, 0.15) is 5.54 Å². The molecule has 5 heteroatoms. The van der Waals surface area contributed by atoms with Crippen LogP contribution in [0.4, 0.5) is 0 Å². The molecule has 0 aromatic rings. The van der Waals surface area contributed by atoms with Gasteiger partial charge >= 0.3 is 5.97 Å². The highest BCUT2D eigenvalue weighted by Gasteiger charge is 2.42. The van der Waals surface area contributed by atoms with Crippen molar-refractivity contribution in [3.8, 4) is 0 Å². The van der Waals surface area contributed by atoms with Gasteiger partial charge in [0.2, 0.25) is 5.91 Å². The normalized spacial score (nSPS) is 25.9. The molecule has 1 fully saturated rings. The van der Waals surface area contributed by atoms with Gasteiger partial charge in [0, 0.05) is 13.0 Å². The number of nitrogens with one attached hydrogen (secondary N) is 1. The van der Waals surface area contributed by atoms with Crippen LogP contribution in [-0.4, -0.2) is 35.7 Å². The predicted molar refractivity (Wildman–Crippen MR) is 76.4 cm³/mol. The lowest BCUT2D eigenvalue weighted by Crippen LogP contribution is -2.56. The van der Waals surface area contributed by atoms with E-state index in [2.05, 4.69) is 18.8 Å². The molecule has 1 saturated carbocycles. The maximum Gasteiger partial charge on any atom is 0.329 e. The molecule has 1 amide bonds. The lowest BCUT2D eigenvalue weighted by atomic mass is 9.77. The van der Waals surface area contributed by atoms with Gasteiger partial charge in [-0.25, -0.2) is 4.79 Å². The van der Waals surface area contributed by atoms with Crippen LogP contribution in [0.3, 0.4) is 0 Å². The molecule has 2 N–H and O–H groups in total. The van der Waals surface area contributed by atoms with Crippen molar-refractivity contribution in [2.75, 3.05) is 13.2 Å². The molecule has 0 aromatic carbocycles. The van der Waals surface area contributed by atoms with E-state index in [1.54, 1.807) is 6.08 Å². The summed E-state index contributed by atoms with van der Waals surface area (Å²) in [6.45, 7) is 6.60. The third-order valence-corrected chi connectivity index (χ3v) is 3.84. The lowest BCUT2D eigenvalue weighted by Gasteiger charge is -2.36. The summed E-state index contributed by atoms with van der Waals surface area (Å²) >= 11 is 0. The fourth-order valence-corrected chi connectivity index (χ4v) is 2.48. The van der Waals surface area contributed by atoms with Crippen molar-refractivity contribution >= 4 is 11.9 Å². The first-order valence-corrected chi connectivity index (χ1v) is 7.23. The van der Waals surface area contributed by atoms with Crippen LogP contribution in [0.2, 0.25) is 0 Å². The Morgan fingerprint density at radius 1 is 1.45 bits per heavy atom. The second-order valence-electron chi connectivity index (χ2n) is 5.59. The van der Waals surface area contributed by atoms with Crippen LogP contribution in [0, 0.1) is 5.92 Å². The standard InChI is InChI=1S/C15H25NO4/c1-3-10-20-11-4-5-13(17)16-15(14(18)19)8-6-12(2)7-9-15/h3,12H,1,4-11H2,2H3,(H,16,17)(H,18,19). The van der Waals surface area contributed by atoms with Gasteiger partial charge in [0.15, 0.2) is 0 Å². The van der Waals surface area contributed by atoms with Gasteiger partial charge in [-0.3, -0.25) is 4.79 Å². The van der Waals surface area contributed by atoms with Crippen LogP contribution in [0.1, 0.15) is 45.4 Å². The van der Waals surface area contributed by atoms with Gasteiger partial charge in [-0.1, -0.05) is 13.0 Å². The van der Waals surface area contributed by atoms with Crippen LogP contribution in [0.5, 0.6) is 0 Å². The third kappa shape index (κ3) is 4.96. The highest BCUT2D eigenvalue weighted by molar-refractivity contribution is 5.87. The molecule has 1 aliphatic carbocycles. The van der Waals surface area contributed by atoms with E-state index in [9.17, 15) is 14.7 Å². The molecule has 0 spiro atoms. The van der Waals surface area contributed by atoms with Crippen molar-refractivity contribution in [3.63, 3.8) is 0 Å². The summed E-state index contributed by atoms with van der Waals surface area (Å²) < 4.78 is 5.20. The van der Waals surface area contributed by atoms with E-state index in [1.807, 2.05) is 0 Å². The van der Waals surface area contributed by atoms with E-state index in [4.69, 9.17) is 4.74 Å². The molecule has 0 atom stereocenters. The Balaban J connectivity index is 2.40. The molecule has 5 nitrogen and oxygen atoms in total. The number of rotatable bonds is 8. The Kier molecular flexibility index (Phi) is 6.71. The molecule has 0 unspecified atom stereocenters. The molecule has 0 aliphatic heterocycles. The van der Waals surface area contributed by atoms with Crippen molar-refractivity contribution in [3.05, 3.63) is 12.7 Å². The van der Waals surface area contributed by atoms with E-state index in [0.717, 1.165) is 12.8 Å². The number of aliphatic carboxylic acids is 1. The van der Waals surface area contributed by atoms with Gasteiger partial charge in [-0.2, -0.15) is 0 Å². The predicted octanol–water partition coefficient (Wildman–Crippen LogP) is 2.12. The van der Waals surface area contributed by atoms with Gasteiger partial charge in [-0.05, 0) is 38.0 Å². The first kappa shape index (κ1) is 16.7. The Bertz CT molecular complexity index is 346. The molecule has 1 rings (SSSR count). The van der Waals surface area contributed by atoms with Crippen molar-refractivity contribution in [2.45, 2.75) is 51.0 Å². The topological polar surface area (TPSA) is 75.6 Å². The summed E-state index contributed by atoms with van der Waals surface area (Å²) in [7, 11) is 0. The Morgan fingerprint density at radius 2 is 2.10 bits per heavy atom. The summed E-state index contributed by atoms with van der Waals surface area (Å²) in [5, 5.41) is 12.1. The molecule has 20 heavy (non-hydrogen) atoms. The van der Waals surface area contributed by atoms with Crippen molar-refractivity contribution in [1.29, 1.82) is 0 Å². The monoisotopic (exact) mass is 283 g/mol. The number of amides is 1. The summed E-state index contributed by atoms with van der Waals surface area (Å²) in [6, 6.07) is 0. The zero-order valence-corrected chi connectivity index (χ0v) is 12.2. The van der Waals surface area contributed by atoms with Crippen LogP contribution in [-0.2, 0) is 14.3 Å². The summed E-state index contributed by atoms with van der Waals surface area (Å²) in [4.78, 5) is 23.4. The van der Waals surface area contributed by atoms with Crippen molar-refractivity contribution in [2.24, 2.45) is 5.92 Å². The van der Waals surface area contributed by atoms with Gasteiger partial charge < -0.3 is 15.2 Å². The Hall–Kier alpha value is -1.36. The number of hydrogen-bond donors (Lipinski definition) is 2. The first-order chi connectivity index (χ1) is 9.50. The highest BCUT2D eigenvalue weighted by Crippen LogP contribution is 2.32. The second kappa shape index (κ2) is 8.04. The quantitative estimate of drug-likeness (QED) is 0.528. The van der Waals surface area contributed by atoms with Crippen LogP contribution >= 0.6 is 0 Å². The van der Waals surface area contributed by atoms with E-state index in [0.29, 0.717) is 44.8 Å². The number of ether oxygens (including phenoxy) is 1. The smallest absolute Gasteiger partial charge is 0.329 e. The molecule has 0 heterocycles. The van der Waals surface area contributed by atoms with Crippen LogP contribution in [0.25, 0.3) is 0 Å². The minimum atomic E-state index is -1.06. The number of carboxylic acids is 1. The van der Waals surface area contributed by atoms with E-state index >= 15 is 0 Å². The summed E-state index contributed by atoms with van der Waals surface area (Å²) in [5.74, 6) is -0.587. The first-order valence-electron chi connectivity index (χ1n) is 7.23. The zero-order chi connectivity index (χ0) is 15.0. The minimum absolute atomic E-state index is 0.204. The largest absolute Gasteiger partial charge is 0.480 e. The van der Waals surface area contributed by atoms with Crippen molar-refractivity contribution < 1.29 is 19.4 Å². The molecular formula is C15H25NO4. The maximum absolute atomic E-state index is 11.9. The Labute approximate surface area is 120 Å². The van der Waals surface area contributed by atoms with Gasteiger partial charge in [-0.15, -0.1) is 6.58 Å². The number of hydrogen-bond acceptors (Lipinski definition) is 3. The average molecular weight is 283 g/mol. The number of carbonyl (C=O) groups is 2. The lowest BCUT2D eigenvalue weighted by molar-refractivity contribution is -0.149. The molecule has 114 valence electrons. The molecule has 0 aromatic heterocycles. The van der Waals surface area contributed by atoms with Crippen LogP contribution < -0.4 is 5.32 Å². The molecule has 1 aliphatic rings. The number of carboxylic acid groups (broad SMARTS) is 1. The molecule has 0 bridgehead atoms. The minimum Gasteiger partial charge on any atom is -0.480 e. The molecule has 0 saturated heterocycles. The SMILES string of the molecule is C=CCOCCCC(=O)NC1(C(=O)O)CCC(C)CC1. The second-order valence-corrected chi connectivity index (χ2v) is 5.59. The third-order valence-electron chi connectivity index (χ3n) is 3.84. The zero-order valence-electron chi connectivity index (χ0n) is 12.2. The fourth-order valence-electron chi connectivity index (χ4n) is 2.48. The van der Waals surface area contributed by atoms with Gasteiger partial charge in [0.05, 0.1) is 6.61 Å². The summed E-state index contributed by atoms with van der Waals surface area (Å²) in [6.07, 6.45) is 5.25. The average Bonchev–Trinajstić information content (AvgIpc) is 2.41. The Morgan fingerprint density at radius 3 is 2.65 bits per heavy atom. The highest BCUT2D eigenvalue weighted by atomic mass is 16.5. The maximum atomic E-state index is 11.9. The number of carbonyl (C=O) groups excluding carboxylic acids is 1. The van der Waals surface area contributed by atoms with Gasteiger partial charge in [0.25, 0.3) is 0 Å². The van der Waals surface area contributed by atoms with Crippen molar-refractivity contribution in [1.82, 2.24) is 5.32 Å². The summed E-state index contributed by atoms with van der Waals surface area (Å²) in [5.41, 5.74) is -1.06. The van der Waals surface area contributed by atoms with E-state index in [-0.39, 0.29) is 5.91 Å². The van der Waals surface area contributed by atoms with E-state index in [1.165, 1.54) is 0 Å². The molecule has 0 radical (unpaired) electrons. The van der Waals surface area contributed by atoms with E-state index < -0.39 is 11.5 Å². The molecular weight excluding hydrogens is 258 g/mol.